The van der Waals surface area contributed by atoms with Gasteiger partial charge in [-0.25, -0.2) is 0 Å². The molecule has 1 aromatic carbocycles. The van der Waals surface area contributed by atoms with Crippen molar-refractivity contribution in [3.63, 3.8) is 0 Å². The van der Waals surface area contributed by atoms with E-state index in [-0.39, 0.29) is 6.61 Å². The number of nitrogens with two attached hydrogens (primary N) is 1. The van der Waals surface area contributed by atoms with Crippen LogP contribution in [0.2, 0.25) is 5.02 Å². The lowest BCUT2D eigenvalue weighted by Gasteiger charge is -2.08. The highest BCUT2D eigenvalue weighted by atomic mass is 35.5. The topological polar surface area (TPSA) is 74.2 Å². The Morgan fingerprint density at radius 2 is 2.28 bits per heavy atom. The van der Waals surface area contributed by atoms with Crippen LogP contribution in [0.3, 0.4) is 0 Å². The number of halogens is 1. The molecule has 1 heterocycles. The SMILES string of the molecule is CCc1nc(COc2ccc(Cl)cc2CN)no1. The number of hydrogen-bond donors (Lipinski definition) is 1. The molecule has 0 unspecified atom stereocenters. The zero-order chi connectivity index (χ0) is 13.0. The van der Waals surface area contributed by atoms with Gasteiger partial charge in [0.25, 0.3) is 0 Å². The van der Waals surface area contributed by atoms with Crippen LogP contribution in [0.15, 0.2) is 22.7 Å². The summed E-state index contributed by atoms with van der Waals surface area (Å²) in [5.41, 5.74) is 6.47. The Labute approximate surface area is 110 Å². The van der Waals surface area contributed by atoms with E-state index >= 15 is 0 Å². The van der Waals surface area contributed by atoms with E-state index in [2.05, 4.69) is 10.1 Å². The second kappa shape index (κ2) is 5.84. The van der Waals surface area contributed by atoms with Crippen LogP contribution in [0, 0.1) is 0 Å². The number of nitrogens with zero attached hydrogens (tertiary/aromatic N) is 2. The molecule has 0 aliphatic heterocycles. The minimum absolute atomic E-state index is 0.248. The maximum atomic E-state index is 5.88. The number of ether oxygens (including phenoxy) is 1. The second-order valence-corrected chi connectivity index (χ2v) is 4.14. The van der Waals surface area contributed by atoms with Crippen LogP contribution >= 0.6 is 11.6 Å². The van der Waals surface area contributed by atoms with E-state index in [0.717, 1.165) is 5.56 Å². The van der Waals surface area contributed by atoms with Crippen LogP contribution in [0.1, 0.15) is 24.2 Å². The van der Waals surface area contributed by atoms with Crippen LogP contribution in [-0.4, -0.2) is 10.1 Å². The van der Waals surface area contributed by atoms with Crippen LogP contribution in [0.25, 0.3) is 0 Å². The maximum absolute atomic E-state index is 5.88. The third kappa shape index (κ3) is 3.00. The van der Waals surface area contributed by atoms with Crippen LogP contribution in [0.5, 0.6) is 5.75 Å². The van der Waals surface area contributed by atoms with E-state index in [9.17, 15) is 0 Å². The highest BCUT2D eigenvalue weighted by Gasteiger charge is 2.07. The van der Waals surface area contributed by atoms with Crippen molar-refractivity contribution in [3.8, 4) is 5.75 Å². The van der Waals surface area contributed by atoms with Gasteiger partial charge in [-0.3, -0.25) is 0 Å². The molecule has 0 fully saturated rings. The molecule has 0 saturated heterocycles. The van der Waals surface area contributed by atoms with Crippen molar-refractivity contribution in [3.05, 3.63) is 40.5 Å². The van der Waals surface area contributed by atoms with E-state index < -0.39 is 0 Å². The average molecular weight is 268 g/mol. The summed E-state index contributed by atoms with van der Waals surface area (Å²) in [7, 11) is 0. The highest BCUT2D eigenvalue weighted by molar-refractivity contribution is 6.30. The van der Waals surface area contributed by atoms with E-state index in [1.807, 2.05) is 6.92 Å². The summed E-state index contributed by atoms with van der Waals surface area (Å²) in [4.78, 5) is 4.16. The Morgan fingerprint density at radius 1 is 1.44 bits per heavy atom. The molecule has 6 heteroatoms. The second-order valence-electron chi connectivity index (χ2n) is 3.70. The Bertz CT molecular complexity index is 528. The van der Waals surface area contributed by atoms with Gasteiger partial charge >= 0.3 is 0 Å². The molecular weight excluding hydrogens is 254 g/mol. The summed E-state index contributed by atoms with van der Waals surface area (Å²) in [6, 6.07) is 5.32. The van der Waals surface area contributed by atoms with Crippen LogP contribution < -0.4 is 10.5 Å². The molecule has 0 saturated carbocycles. The zero-order valence-corrected chi connectivity index (χ0v) is 10.8. The lowest BCUT2D eigenvalue weighted by Crippen LogP contribution is -2.03. The van der Waals surface area contributed by atoms with Gasteiger partial charge in [-0.1, -0.05) is 23.7 Å². The zero-order valence-electron chi connectivity index (χ0n) is 10.0. The molecule has 0 atom stereocenters. The lowest BCUT2D eigenvalue weighted by atomic mass is 10.2. The van der Waals surface area contributed by atoms with Gasteiger partial charge in [-0.05, 0) is 18.2 Å². The monoisotopic (exact) mass is 267 g/mol. The molecule has 2 rings (SSSR count). The van der Waals surface area contributed by atoms with E-state index in [0.29, 0.717) is 35.5 Å². The van der Waals surface area contributed by atoms with Crippen molar-refractivity contribution in [1.82, 2.24) is 10.1 Å². The van der Waals surface area contributed by atoms with E-state index in [1.54, 1.807) is 18.2 Å². The summed E-state index contributed by atoms with van der Waals surface area (Å²) in [5.74, 6) is 1.80. The molecule has 5 nitrogen and oxygen atoms in total. The number of aryl methyl sites for hydroxylation is 1. The van der Waals surface area contributed by atoms with Gasteiger partial charge < -0.3 is 15.0 Å². The number of rotatable bonds is 5. The van der Waals surface area contributed by atoms with Crippen molar-refractivity contribution >= 4 is 11.6 Å². The van der Waals surface area contributed by atoms with Gasteiger partial charge in [-0.15, -0.1) is 0 Å². The maximum Gasteiger partial charge on any atom is 0.226 e. The minimum atomic E-state index is 0.248. The fourth-order valence-electron chi connectivity index (χ4n) is 1.48. The number of hydrogen-bond acceptors (Lipinski definition) is 5. The third-order valence-electron chi connectivity index (χ3n) is 2.41. The summed E-state index contributed by atoms with van der Waals surface area (Å²) in [5, 5.41) is 4.44. The highest BCUT2D eigenvalue weighted by Crippen LogP contribution is 2.23. The Hall–Kier alpha value is -1.59. The van der Waals surface area contributed by atoms with Crippen molar-refractivity contribution in [2.24, 2.45) is 5.73 Å². The molecule has 18 heavy (non-hydrogen) atoms. The van der Waals surface area contributed by atoms with Gasteiger partial charge in [0.1, 0.15) is 5.75 Å². The summed E-state index contributed by atoms with van der Waals surface area (Å²) >= 11 is 5.88. The van der Waals surface area contributed by atoms with Gasteiger partial charge in [0.2, 0.25) is 11.7 Å². The molecule has 0 aliphatic carbocycles. The predicted molar refractivity (Wildman–Crippen MR) is 67.4 cm³/mol. The van der Waals surface area contributed by atoms with Gasteiger partial charge in [-0.2, -0.15) is 4.98 Å². The predicted octanol–water partition coefficient (Wildman–Crippen LogP) is 2.32. The molecule has 0 spiro atoms. The first kappa shape index (κ1) is 12.9. The smallest absolute Gasteiger partial charge is 0.226 e. The Balaban J connectivity index is 2.05. The first-order chi connectivity index (χ1) is 8.72. The van der Waals surface area contributed by atoms with Crippen molar-refractivity contribution in [1.29, 1.82) is 0 Å². The fraction of sp³-hybridized carbons (Fsp3) is 0.333. The van der Waals surface area contributed by atoms with Crippen molar-refractivity contribution in [2.45, 2.75) is 26.5 Å². The average Bonchev–Trinajstić information content (AvgIpc) is 2.85. The van der Waals surface area contributed by atoms with Gasteiger partial charge in [0, 0.05) is 23.6 Å². The van der Waals surface area contributed by atoms with Crippen LogP contribution in [0.4, 0.5) is 0 Å². The third-order valence-corrected chi connectivity index (χ3v) is 2.65. The number of benzene rings is 1. The normalized spacial score (nSPS) is 10.6. The van der Waals surface area contributed by atoms with Gasteiger partial charge in [0.15, 0.2) is 6.61 Å². The summed E-state index contributed by atoms with van der Waals surface area (Å²) in [6.45, 7) is 2.56. The van der Waals surface area contributed by atoms with Crippen molar-refractivity contribution < 1.29 is 9.26 Å². The molecular formula is C12H14ClN3O2. The molecule has 2 aromatic rings. The van der Waals surface area contributed by atoms with Crippen molar-refractivity contribution in [2.75, 3.05) is 0 Å². The number of aromatic nitrogens is 2. The molecule has 0 bridgehead atoms. The van der Waals surface area contributed by atoms with Crippen LogP contribution in [-0.2, 0) is 19.6 Å². The Kier molecular flexibility index (Phi) is 4.17. The molecule has 0 amide bonds. The first-order valence-corrected chi connectivity index (χ1v) is 6.03. The quantitative estimate of drug-likeness (QED) is 0.900. The molecule has 0 radical (unpaired) electrons. The minimum Gasteiger partial charge on any atom is -0.485 e. The molecule has 96 valence electrons. The summed E-state index contributed by atoms with van der Waals surface area (Å²) in [6.07, 6.45) is 0.710. The molecule has 2 N–H and O–H groups in total. The molecule has 1 aromatic heterocycles. The van der Waals surface area contributed by atoms with E-state index in [4.69, 9.17) is 26.6 Å². The Morgan fingerprint density at radius 3 is 2.94 bits per heavy atom. The molecule has 0 aliphatic rings. The van der Waals surface area contributed by atoms with Gasteiger partial charge in [0.05, 0.1) is 0 Å². The van der Waals surface area contributed by atoms with E-state index in [1.165, 1.54) is 0 Å². The fourth-order valence-corrected chi connectivity index (χ4v) is 1.68. The summed E-state index contributed by atoms with van der Waals surface area (Å²) < 4.78 is 10.6. The lowest BCUT2D eigenvalue weighted by molar-refractivity contribution is 0.282. The standard InChI is InChI=1S/C12H14ClN3O2/c1-2-12-15-11(16-18-12)7-17-10-4-3-9(13)5-8(10)6-14/h3-5H,2,6-7,14H2,1H3. The largest absolute Gasteiger partial charge is 0.485 e. The first-order valence-electron chi connectivity index (χ1n) is 5.65.